The van der Waals surface area contributed by atoms with Crippen molar-refractivity contribution in [1.29, 1.82) is 0 Å². The normalized spacial score (nSPS) is 11.5. The maximum atomic E-state index is 12.4. The molecule has 1 amide bonds. The molecule has 28 heavy (non-hydrogen) atoms. The van der Waals surface area contributed by atoms with Crippen LogP contribution in [0.3, 0.4) is 0 Å². The largest absolute Gasteiger partial charge is 0.352 e. The van der Waals surface area contributed by atoms with Crippen LogP contribution in [0.1, 0.15) is 43.4 Å². The molecule has 3 rings (SSSR count). The van der Waals surface area contributed by atoms with Crippen LogP contribution in [-0.2, 0) is 19.5 Å². The minimum absolute atomic E-state index is 0.0959. The summed E-state index contributed by atoms with van der Waals surface area (Å²) in [5, 5.41) is 20.7. The summed E-state index contributed by atoms with van der Waals surface area (Å²) in [6.45, 7) is 8.62. The van der Waals surface area contributed by atoms with Crippen molar-refractivity contribution < 1.29 is 4.79 Å². The molecule has 9 heteroatoms. The number of aromatic nitrogens is 6. The van der Waals surface area contributed by atoms with E-state index in [1.807, 2.05) is 30.0 Å². The van der Waals surface area contributed by atoms with Crippen molar-refractivity contribution in [2.75, 3.05) is 12.8 Å². The fraction of sp³-hybridized carbons (Fsp3) is 0.526. The molecule has 8 nitrogen and oxygen atoms in total. The van der Waals surface area contributed by atoms with Gasteiger partial charge in [0.15, 0.2) is 5.16 Å². The Morgan fingerprint density at radius 1 is 1.25 bits per heavy atom. The van der Waals surface area contributed by atoms with Crippen molar-refractivity contribution in [3.8, 4) is 0 Å². The second kappa shape index (κ2) is 9.18. The van der Waals surface area contributed by atoms with Gasteiger partial charge >= 0.3 is 0 Å². The standard InChI is InChI=1S/C19H27N7OS/c1-5-26-16-9-8-14(11-15(16)21-24-26)18(27)20-10-6-7-17-22-23-19(28-4)25(17)12-13(2)3/h8-9,11,13H,5-7,10,12H2,1-4H3,(H,20,27). The summed E-state index contributed by atoms with van der Waals surface area (Å²) in [4.78, 5) is 12.4. The van der Waals surface area contributed by atoms with Crippen LogP contribution in [0.4, 0.5) is 0 Å². The van der Waals surface area contributed by atoms with Gasteiger partial charge in [-0.2, -0.15) is 0 Å². The van der Waals surface area contributed by atoms with Gasteiger partial charge in [-0.15, -0.1) is 15.3 Å². The van der Waals surface area contributed by atoms with Crippen LogP contribution in [0.15, 0.2) is 23.4 Å². The second-order valence-electron chi connectivity index (χ2n) is 7.08. The van der Waals surface area contributed by atoms with Gasteiger partial charge in [0.1, 0.15) is 11.3 Å². The maximum absolute atomic E-state index is 12.4. The minimum Gasteiger partial charge on any atom is -0.352 e. The van der Waals surface area contributed by atoms with E-state index in [0.29, 0.717) is 18.0 Å². The highest BCUT2D eigenvalue weighted by atomic mass is 32.2. The van der Waals surface area contributed by atoms with Crippen molar-refractivity contribution in [2.45, 2.75) is 51.9 Å². The highest BCUT2D eigenvalue weighted by molar-refractivity contribution is 7.98. The molecule has 0 saturated carbocycles. The van der Waals surface area contributed by atoms with Crippen molar-refractivity contribution in [3.05, 3.63) is 29.6 Å². The molecule has 0 saturated heterocycles. The Hall–Kier alpha value is -2.42. The molecule has 0 aliphatic carbocycles. The van der Waals surface area contributed by atoms with Crippen LogP contribution in [-0.4, -0.2) is 48.5 Å². The predicted molar refractivity (Wildman–Crippen MR) is 110 cm³/mol. The lowest BCUT2D eigenvalue weighted by atomic mass is 10.2. The van der Waals surface area contributed by atoms with Gasteiger partial charge in [0.05, 0.1) is 5.52 Å². The lowest BCUT2D eigenvalue weighted by Crippen LogP contribution is -2.25. The smallest absolute Gasteiger partial charge is 0.251 e. The van der Waals surface area contributed by atoms with Gasteiger partial charge in [0, 0.05) is 31.6 Å². The molecule has 0 unspecified atom stereocenters. The number of rotatable bonds is 9. The van der Waals surface area contributed by atoms with Gasteiger partial charge in [-0.05, 0) is 43.7 Å². The third-order valence-corrected chi connectivity index (χ3v) is 5.13. The Kier molecular flexibility index (Phi) is 6.66. The summed E-state index contributed by atoms with van der Waals surface area (Å²) < 4.78 is 4.00. The SMILES string of the molecule is CCn1nnc2cc(C(=O)NCCCc3nnc(SC)n3CC(C)C)ccc21. The summed E-state index contributed by atoms with van der Waals surface area (Å²) in [6, 6.07) is 5.50. The van der Waals surface area contributed by atoms with Gasteiger partial charge in [-0.3, -0.25) is 4.79 Å². The molecular formula is C19H27N7OS. The molecule has 150 valence electrons. The number of amides is 1. The Bertz CT molecular complexity index is 947. The minimum atomic E-state index is -0.0959. The average molecular weight is 402 g/mol. The number of benzene rings is 1. The van der Waals surface area contributed by atoms with Crippen molar-refractivity contribution in [2.24, 2.45) is 5.92 Å². The van der Waals surface area contributed by atoms with Gasteiger partial charge in [0.25, 0.3) is 5.91 Å². The van der Waals surface area contributed by atoms with E-state index in [0.717, 1.165) is 47.9 Å². The van der Waals surface area contributed by atoms with E-state index in [9.17, 15) is 4.79 Å². The first kappa shape index (κ1) is 20.3. The molecule has 2 aromatic heterocycles. The molecule has 0 atom stereocenters. The fourth-order valence-electron chi connectivity index (χ4n) is 3.10. The Balaban J connectivity index is 1.55. The zero-order valence-corrected chi connectivity index (χ0v) is 17.7. The van der Waals surface area contributed by atoms with Crippen molar-refractivity contribution >= 4 is 28.7 Å². The van der Waals surface area contributed by atoms with Gasteiger partial charge in [0.2, 0.25) is 0 Å². The Labute approximate surface area is 169 Å². The molecule has 0 aliphatic heterocycles. The predicted octanol–water partition coefficient (Wildman–Crippen LogP) is 2.78. The highest BCUT2D eigenvalue weighted by Crippen LogP contribution is 2.17. The molecule has 0 radical (unpaired) electrons. The third-order valence-electron chi connectivity index (χ3n) is 4.46. The van der Waals surface area contributed by atoms with Gasteiger partial charge in [-0.1, -0.05) is 30.8 Å². The number of carbonyl (C=O) groups excluding carboxylic acids is 1. The number of carbonyl (C=O) groups is 1. The molecule has 0 bridgehead atoms. The monoisotopic (exact) mass is 401 g/mol. The van der Waals surface area contributed by atoms with Crippen LogP contribution in [0.5, 0.6) is 0 Å². The molecule has 0 spiro atoms. The van der Waals surface area contributed by atoms with Gasteiger partial charge in [-0.25, -0.2) is 4.68 Å². The molecule has 0 aliphatic rings. The van der Waals surface area contributed by atoms with Crippen LogP contribution in [0, 0.1) is 5.92 Å². The quantitative estimate of drug-likeness (QED) is 0.438. The van der Waals surface area contributed by atoms with Crippen LogP contribution in [0.25, 0.3) is 11.0 Å². The number of hydrogen-bond acceptors (Lipinski definition) is 6. The molecule has 3 aromatic rings. The first-order chi connectivity index (χ1) is 13.5. The number of fused-ring (bicyclic) bond motifs is 1. The van der Waals surface area contributed by atoms with E-state index in [1.54, 1.807) is 17.8 Å². The molecule has 0 fully saturated rings. The Morgan fingerprint density at radius 2 is 2.07 bits per heavy atom. The molecule has 1 N–H and O–H groups in total. The maximum Gasteiger partial charge on any atom is 0.251 e. The van der Waals surface area contributed by atoms with Crippen molar-refractivity contribution in [3.63, 3.8) is 0 Å². The van der Waals surface area contributed by atoms with Crippen LogP contribution in [0.2, 0.25) is 0 Å². The summed E-state index contributed by atoms with van der Waals surface area (Å²) >= 11 is 1.61. The number of hydrogen-bond donors (Lipinski definition) is 1. The molecular weight excluding hydrogens is 374 g/mol. The first-order valence-corrected chi connectivity index (χ1v) is 10.8. The third kappa shape index (κ3) is 4.52. The van der Waals surface area contributed by atoms with E-state index in [-0.39, 0.29) is 5.91 Å². The zero-order chi connectivity index (χ0) is 20.1. The van der Waals surface area contributed by atoms with E-state index in [1.165, 1.54) is 0 Å². The van der Waals surface area contributed by atoms with E-state index >= 15 is 0 Å². The van der Waals surface area contributed by atoms with Crippen LogP contribution < -0.4 is 5.32 Å². The Morgan fingerprint density at radius 3 is 2.79 bits per heavy atom. The number of thioether (sulfide) groups is 1. The fourth-order valence-corrected chi connectivity index (χ4v) is 3.62. The van der Waals surface area contributed by atoms with Crippen molar-refractivity contribution in [1.82, 2.24) is 35.1 Å². The molecule has 2 heterocycles. The lowest BCUT2D eigenvalue weighted by Gasteiger charge is -2.11. The van der Waals surface area contributed by atoms with E-state index in [2.05, 4.69) is 44.2 Å². The van der Waals surface area contributed by atoms with E-state index in [4.69, 9.17) is 0 Å². The molecule has 1 aromatic carbocycles. The summed E-state index contributed by atoms with van der Waals surface area (Å²) in [7, 11) is 0. The summed E-state index contributed by atoms with van der Waals surface area (Å²) in [6.07, 6.45) is 3.61. The number of aryl methyl sites for hydroxylation is 2. The average Bonchev–Trinajstić information content (AvgIpc) is 3.27. The highest BCUT2D eigenvalue weighted by Gasteiger charge is 2.13. The number of nitrogens with zero attached hydrogens (tertiary/aromatic N) is 6. The van der Waals surface area contributed by atoms with Gasteiger partial charge < -0.3 is 9.88 Å². The zero-order valence-electron chi connectivity index (χ0n) is 16.8. The summed E-state index contributed by atoms with van der Waals surface area (Å²) in [5.41, 5.74) is 2.28. The number of nitrogens with one attached hydrogen (secondary N) is 1. The summed E-state index contributed by atoms with van der Waals surface area (Å²) in [5.74, 6) is 1.41. The van der Waals surface area contributed by atoms with Crippen LogP contribution >= 0.6 is 11.8 Å². The topological polar surface area (TPSA) is 90.5 Å². The van der Waals surface area contributed by atoms with E-state index < -0.39 is 0 Å². The second-order valence-corrected chi connectivity index (χ2v) is 7.85. The first-order valence-electron chi connectivity index (χ1n) is 9.61. The lowest BCUT2D eigenvalue weighted by molar-refractivity contribution is 0.0953.